The van der Waals surface area contributed by atoms with E-state index < -0.39 is 6.36 Å². The number of carbonyl (C=O) groups excluding carboxylic acids is 1. The minimum absolute atomic E-state index is 0.0698. The van der Waals surface area contributed by atoms with Gasteiger partial charge in [0.15, 0.2) is 0 Å². The molecule has 2 N–H and O–H groups in total. The maximum atomic E-state index is 12.0. The molecule has 0 aliphatic rings. The van der Waals surface area contributed by atoms with Crippen molar-refractivity contribution in [3.8, 4) is 5.75 Å². The van der Waals surface area contributed by atoms with Crippen LogP contribution in [0, 0.1) is 0 Å². The third-order valence-electron chi connectivity index (χ3n) is 2.70. The number of benzene rings is 1. The molecule has 0 aromatic heterocycles. The quantitative estimate of drug-likeness (QED) is 0.845. The average molecular weight is 290 g/mol. The lowest BCUT2D eigenvalue weighted by Gasteiger charge is -2.15. The second-order valence-electron chi connectivity index (χ2n) is 4.22. The van der Waals surface area contributed by atoms with E-state index >= 15 is 0 Å². The number of amides is 1. The predicted molar refractivity (Wildman–Crippen MR) is 68.2 cm³/mol. The van der Waals surface area contributed by atoms with Crippen molar-refractivity contribution >= 4 is 5.91 Å². The highest BCUT2D eigenvalue weighted by atomic mass is 19.4. The number of carbonyl (C=O) groups is 1. The summed E-state index contributed by atoms with van der Waals surface area (Å²) in [5, 5.41) is 5.61. The van der Waals surface area contributed by atoms with Crippen molar-refractivity contribution in [1.82, 2.24) is 10.6 Å². The van der Waals surface area contributed by atoms with Crippen LogP contribution in [0.1, 0.15) is 24.9 Å². The lowest BCUT2D eigenvalue weighted by atomic mass is 10.1. The van der Waals surface area contributed by atoms with Gasteiger partial charge in [0.05, 0.1) is 0 Å². The van der Waals surface area contributed by atoms with Gasteiger partial charge in [-0.3, -0.25) is 4.79 Å². The maximum Gasteiger partial charge on any atom is 0.573 e. The first-order valence-electron chi connectivity index (χ1n) is 6.11. The molecule has 1 rings (SSSR count). The van der Waals surface area contributed by atoms with Gasteiger partial charge in [-0.15, -0.1) is 13.2 Å². The summed E-state index contributed by atoms with van der Waals surface area (Å²) in [7, 11) is 1.56. The Morgan fingerprint density at radius 1 is 1.30 bits per heavy atom. The van der Waals surface area contributed by atoms with E-state index in [1.54, 1.807) is 19.2 Å². The van der Waals surface area contributed by atoms with E-state index in [9.17, 15) is 18.0 Å². The molecule has 1 aromatic carbocycles. The van der Waals surface area contributed by atoms with Gasteiger partial charge >= 0.3 is 6.36 Å². The second-order valence-corrected chi connectivity index (χ2v) is 4.22. The third-order valence-corrected chi connectivity index (χ3v) is 2.70. The first-order chi connectivity index (χ1) is 9.31. The standard InChI is InChI=1S/C13H17F3N2O2/c1-9(18-8-7-12(19)17-2)10-3-5-11(6-4-10)20-13(14,15)16/h3-6,9,18H,7-8H2,1-2H3,(H,17,19). The molecular weight excluding hydrogens is 273 g/mol. The first-order valence-corrected chi connectivity index (χ1v) is 6.11. The summed E-state index contributed by atoms with van der Waals surface area (Å²) in [4.78, 5) is 11.0. The molecule has 0 heterocycles. The highest BCUT2D eigenvalue weighted by Gasteiger charge is 2.30. The minimum atomic E-state index is -4.68. The zero-order valence-electron chi connectivity index (χ0n) is 11.3. The van der Waals surface area contributed by atoms with E-state index in [-0.39, 0.29) is 17.7 Å². The zero-order valence-corrected chi connectivity index (χ0v) is 11.3. The van der Waals surface area contributed by atoms with Gasteiger partial charge in [-0.1, -0.05) is 12.1 Å². The van der Waals surface area contributed by atoms with E-state index in [1.165, 1.54) is 12.1 Å². The summed E-state index contributed by atoms with van der Waals surface area (Å²) in [6.07, 6.45) is -4.34. The van der Waals surface area contributed by atoms with Crippen LogP contribution in [-0.4, -0.2) is 25.9 Å². The molecule has 1 amide bonds. The summed E-state index contributed by atoms with van der Waals surface area (Å²) in [6, 6.07) is 5.57. The van der Waals surface area contributed by atoms with Gasteiger partial charge in [0.1, 0.15) is 5.75 Å². The molecule has 0 aliphatic carbocycles. The number of hydrogen-bond acceptors (Lipinski definition) is 3. The number of alkyl halides is 3. The molecule has 0 spiro atoms. The Balaban J connectivity index is 2.49. The summed E-state index contributed by atoms with van der Waals surface area (Å²) in [5.74, 6) is -0.322. The second kappa shape index (κ2) is 7.14. The molecule has 1 unspecified atom stereocenters. The highest BCUT2D eigenvalue weighted by molar-refractivity contribution is 5.75. The van der Waals surface area contributed by atoms with Crippen LogP contribution < -0.4 is 15.4 Å². The number of rotatable bonds is 6. The lowest BCUT2D eigenvalue weighted by Crippen LogP contribution is -2.26. The number of hydrogen-bond donors (Lipinski definition) is 2. The fourth-order valence-electron chi connectivity index (χ4n) is 1.60. The van der Waals surface area contributed by atoms with Gasteiger partial charge in [-0.05, 0) is 24.6 Å². The Labute approximate surface area is 115 Å². The van der Waals surface area contributed by atoms with Gasteiger partial charge in [-0.2, -0.15) is 0 Å². The topological polar surface area (TPSA) is 50.4 Å². The minimum Gasteiger partial charge on any atom is -0.406 e. The lowest BCUT2D eigenvalue weighted by molar-refractivity contribution is -0.274. The summed E-state index contributed by atoms with van der Waals surface area (Å²) < 4.78 is 39.8. The van der Waals surface area contributed by atoms with E-state index in [2.05, 4.69) is 15.4 Å². The van der Waals surface area contributed by atoms with E-state index in [0.717, 1.165) is 5.56 Å². The predicted octanol–water partition coefficient (Wildman–Crippen LogP) is 2.37. The van der Waals surface area contributed by atoms with Crippen molar-refractivity contribution in [2.75, 3.05) is 13.6 Å². The monoisotopic (exact) mass is 290 g/mol. The van der Waals surface area contributed by atoms with Crippen LogP contribution in [0.3, 0.4) is 0 Å². The fourth-order valence-corrected chi connectivity index (χ4v) is 1.60. The maximum absolute atomic E-state index is 12.0. The van der Waals surface area contributed by atoms with Crippen LogP contribution in [-0.2, 0) is 4.79 Å². The first kappa shape index (κ1) is 16.3. The smallest absolute Gasteiger partial charge is 0.406 e. The van der Waals surface area contributed by atoms with Crippen LogP contribution >= 0.6 is 0 Å². The van der Waals surface area contributed by atoms with Crippen molar-refractivity contribution in [1.29, 1.82) is 0 Å². The van der Waals surface area contributed by atoms with Crippen molar-refractivity contribution < 1.29 is 22.7 Å². The summed E-state index contributed by atoms with van der Waals surface area (Å²) >= 11 is 0. The summed E-state index contributed by atoms with van der Waals surface area (Å²) in [5.41, 5.74) is 0.816. The van der Waals surface area contributed by atoms with Crippen LogP contribution in [0.4, 0.5) is 13.2 Å². The Morgan fingerprint density at radius 2 is 1.90 bits per heavy atom. The molecular formula is C13H17F3N2O2. The molecule has 7 heteroatoms. The SMILES string of the molecule is CNC(=O)CCNC(C)c1ccc(OC(F)(F)F)cc1. The normalized spacial score (nSPS) is 12.8. The molecule has 112 valence electrons. The van der Waals surface area contributed by atoms with Crippen molar-refractivity contribution in [2.24, 2.45) is 0 Å². The van der Waals surface area contributed by atoms with Crippen LogP contribution in [0.5, 0.6) is 5.75 Å². The van der Waals surface area contributed by atoms with Gasteiger partial charge in [0.2, 0.25) is 5.91 Å². The van der Waals surface area contributed by atoms with Crippen molar-refractivity contribution in [3.63, 3.8) is 0 Å². The van der Waals surface area contributed by atoms with Crippen molar-refractivity contribution in [3.05, 3.63) is 29.8 Å². The average Bonchev–Trinajstić information content (AvgIpc) is 2.37. The van der Waals surface area contributed by atoms with Gasteiger partial charge in [0.25, 0.3) is 0 Å². The highest BCUT2D eigenvalue weighted by Crippen LogP contribution is 2.24. The van der Waals surface area contributed by atoms with Crippen LogP contribution in [0.15, 0.2) is 24.3 Å². The van der Waals surface area contributed by atoms with Gasteiger partial charge in [-0.25, -0.2) is 0 Å². The molecule has 20 heavy (non-hydrogen) atoms. The Bertz CT molecular complexity index is 432. The molecule has 0 aliphatic heterocycles. The largest absolute Gasteiger partial charge is 0.573 e. The molecule has 1 aromatic rings. The third kappa shape index (κ3) is 5.92. The number of ether oxygens (including phenoxy) is 1. The zero-order chi connectivity index (χ0) is 15.2. The molecule has 0 bridgehead atoms. The van der Waals surface area contributed by atoms with Gasteiger partial charge in [0, 0.05) is 26.1 Å². The van der Waals surface area contributed by atoms with Gasteiger partial charge < -0.3 is 15.4 Å². The van der Waals surface area contributed by atoms with E-state index in [0.29, 0.717) is 13.0 Å². The number of nitrogens with one attached hydrogen (secondary N) is 2. The summed E-state index contributed by atoms with van der Waals surface area (Å²) in [6.45, 7) is 2.35. The molecule has 1 atom stereocenters. The molecule has 0 radical (unpaired) electrons. The molecule has 4 nitrogen and oxygen atoms in total. The Hall–Kier alpha value is -1.76. The van der Waals surface area contributed by atoms with Crippen LogP contribution in [0.25, 0.3) is 0 Å². The number of halogens is 3. The Kier molecular flexibility index (Phi) is 5.82. The fraction of sp³-hybridized carbons (Fsp3) is 0.462. The Morgan fingerprint density at radius 3 is 2.40 bits per heavy atom. The van der Waals surface area contributed by atoms with E-state index in [4.69, 9.17) is 0 Å². The molecule has 0 fully saturated rings. The molecule has 0 saturated heterocycles. The van der Waals surface area contributed by atoms with Crippen LogP contribution in [0.2, 0.25) is 0 Å². The van der Waals surface area contributed by atoms with E-state index in [1.807, 2.05) is 6.92 Å². The molecule has 0 saturated carbocycles. The van der Waals surface area contributed by atoms with Crippen molar-refractivity contribution in [2.45, 2.75) is 25.7 Å².